The lowest BCUT2D eigenvalue weighted by atomic mass is 9.47. The molecule has 2 aliphatic carbocycles. The average molecular weight is 322 g/mol. The van der Waals surface area contributed by atoms with Gasteiger partial charge in [0.25, 0.3) is 0 Å². The van der Waals surface area contributed by atoms with Crippen LogP contribution in [0.4, 0.5) is 0 Å². The van der Waals surface area contributed by atoms with Crippen LogP contribution >= 0.6 is 0 Å². The quantitative estimate of drug-likeness (QED) is 0.724. The first-order valence-electron chi connectivity index (χ1n) is 8.84. The third kappa shape index (κ3) is 3.67. The number of Topliss-reactive ketones (excluding diaryl/α,β-unsaturated/α-hetero) is 2. The molecule has 2 fully saturated rings. The predicted octanol–water partition coefficient (Wildman–Crippen LogP) is 3.71. The SMILES string of the molecule is CC(=O)CC[C@H]1C(=O)CC[C@H]2[C@@](C)(COC(C)=O)CCC[C@]12C. The Morgan fingerprint density at radius 3 is 2.52 bits per heavy atom. The Morgan fingerprint density at radius 1 is 1.22 bits per heavy atom. The molecule has 2 rings (SSSR count). The van der Waals surface area contributed by atoms with Gasteiger partial charge in [-0.05, 0) is 43.9 Å². The van der Waals surface area contributed by atoms with Gasteiger partial charge in [0.1, 0.15) is 11.6 Å². The first-order chi connectivity index (χ1) is 10.7. The number of carbonyl (C=O) groups is 3. The molecule has 0 amide bonds. The molecule has 130 valence electrons. The summed E-state index contributed by atoms with van der Waals surface area (Å²) in [5, 5.41) is 0. The van der Waals surface area contributed by atoms with Gasteiger partial charge in [0, 0.05) is 31.1 Å². The molecule has 0 aliphatic heterocycles. The molecule has 4 atom stereocenters. The minimum absolute atomic E-state index is 0.0258. The number of carbonyl (C=O) groups excluding carboxylic acids is 3. The summed E-state index contributed by atoms with van der Waals surface area (Å²) < 4.78 is 5.36. The summed E-state index contributed by atoms with van der Waals surface area (Å²) in [5.41, 5.74) is -0.133. The van der Waals surface area contributed by atoms with Crippen LogP contribution < -0.4 is 0 Å². The number of fused-ring (bicyclic) bond motifs is 1. The molecule has 0 saturated heterocycles. The van der Waals surface area contributed by atoms with Gasteiger partial charge in [-0.3, -0.25) is 9.59 Å². The first kappa shape index (κ1) is 18.2. The molecule has 0 N–H and O–H groups in total. The monoisotopic (exact) mass is 322 g/mol. The molecule has 23 heavy (non-hydrogen) atoms. The van der Waals surface area contributed by atoms with Crippen molar-refractivity contribution in [1.29, 1.82) is 0 Å². The van der Waals surface area contributed by atoms with Gasteiger partial charge in [0.15, 0.2) is 0 Å². The van der Waals surface area contributed by atoms with Gasteiger partial charge >= 0.3 is 5.97 Å². The van der Waals surface area contributed by atoms with Gasteiger partial charge in [-0.25, -0.2) is 0 Å². The molecular weight excluding hydrogens is 292 g/mol. The van der Waals surface area contributed by atoms with Crippen molar-refractivity contribution >= 4 is 17.5 Å². The van der Waals surface area contributed by atoms with E-state index < -0.39 is 0 Å². The van der Waals surface area contributed by atoms with Crippen molar-refractivity contribution in [2.24, 2.45) is 22.7 Å². The highest BCUT2D eigenvalue weighted by Gasteiger charge is 2.56. The number of hydrogen-bond acceptors (Lipinski definition) is 4. The number of rotatable bonds is 5. The molecule has 4 heteroatoms. The minimum Gasteiger partial charge on any atom is -0.465 e. The maximum absolute atomic E-state index is 12.5. The van der Waals surface area contributed by atoms with E-state index in [0.717, 1.165) is 25.7 Å². The van der Waals surface area contributed by atoms with E-state index in [-0.39, 0.29) is 28.5 Å². The molecule has 2 saturated carbocycles. The number of ether oxygens (including phenoxy) is 1. The Bertz CT molecular complexity index is 498. The van der Waals surface area contributed by atoms with Crippen molar-refractivity contribution in [2.75, 3.05) is 6.61 Å². The molecule has 0 aromatic heterocycles. The normalized spacial score (nSPS) is 37.1. The second kappa shape index (κ2) is 6.74. The average Bonchev–Trinajstić information content (AvgIpc) is 2.44. The highest BCUT2D eigenvalue weighted by Crippen LogP contribution is 2.60. The van der Waals surface area contributed by atoms with Crippen molar-refractivity contribution in [3.05, 3.63) is 0 Å². The summed E-state index contributed by atoms with van der Waals surface area (Å²) in [4.78, 5) is 35.2. The minimum atomic E-state index is -0.237. The second-order valence-electron chi connectivity index (χ2n) is 8.14. The van der Waals surface area contributed by atoms with Gasteiger partial charge in [-0.15, -0.1) is 0 Å². The summed E-state index contributed by atoms with van der Waals surface area (Å²) in [6, 6.07) is 0. The number of ketones is 2. The Hall–Kier alpha value is -1.19. The number of esters is 1. The van der Waals surface area contributed by atoms with Gasteiger partial charge in [0.2, 0.25) is 0 Å². The maximum atomic E-state index is 12.5. The molecule has 0 spiro atoms. The van der Waals surface area contributed by atoms with E-state index in [9.17, 15) is 14.4 Å². The van der Waals surface area contributed by atoms with Crippen LogP contribution in [0.3, 0.4) is 0 Å². The van der Waals surface area contributed by atoms with E-state index in [4.69, 9.17) is 4.74 Å². The zero-order valence-corrected chi connectivity index (χ0v) is 14.9. The van der Waals surface area contributed by atoms with Crippen LogP contribution in [0.5, 0.6) is 0 Å². The topological polar surface area (TPSA) is 60.4 Å². The van der Waals surface area contributed by atoms with Crippen LogP contribution in [-0.4, -0.2) is 24.1 Å². The summed E-state index contributed by atoms with van der Waals surface area (Å²) in [7, 11) is 0. The lowest BCUT2D eigenvalue weighted by Crippen LogP contribution is -2.54. The van der Waals surface area contributed by atoms with Crippen LogP contribution in [-0.2, 0) is 19.1 Å². The molecule has 4 nitrogen and oxygen atoms in total. The van der Waals surface area contributed by atoms with Crippen LogP contribution in [0.1, 0.15) is 72.6 Å². The highest BCUT2D eigenvalue weighted by atomic mass is 16.5. The largest absolute Gasteiger partial charge is 0.465 e. The van der Waals surface area contributed by atoms with Crippen LogP contribution in [0.2, 0.25) is 0 Å². The van der Waals surface area contributed by atoms with Gasteiger partial charge < -0.3 is 9.53 Å². The fourth-order valence-corrected chi connectivity index (χ4v) is 5.22. The summed E-state index contributed by atoms with van der Waals surface area (Å²) in [6.07, 6.45) is 5.75. The molecule has 0 heterocycles. The predicted molar refractivity (Wildman–Crippen MR) is 87.8 cm³/mol. The van der Waals surface area contributed by atoms with Crippen molar-refractivity contribution in [3.8, 4) is 0 Å². The first-order valence-corrected chi connectivity index (χ1v) is 8.84. The van der Waals surface area contributed by atoms with E-state index in [2.05, 4.69) is 13.8 Å². The summed E-state index contributed by atoms with van der Waals surface area (Å²) in [5.74, 6) is 0.585. The van der Waals surface area contributed by atoms with Gasteiger partial charge in [-0.1, -0.05) is 20.3 Å². The molecule has 0 bridgehead atoms. The lowest BCUT2D eigenvalue weighted by molar-refractivity contribution is -0.160. The van der Waals surface area contributed by atoms with E-state index >= 15 is 0 Å². The standard InChI is InChI=1S/C19H30O4/c1-13(20)6-7-15-16(22)8-9-17-18(3,12-23-14(2)21)10-5-11-19(15,17)4/h15,17H,5-12H2,1-4H3/t15-,17-,18+,19+/m0/s1. The smallest absolute Gasteiger partial charge is 0.302 e. The molecule has 0 unspecified atom stereocenters. The molecule has 0 aromatic rings. The second-order valence-corrected chi connectivity index (χ2v) is 8.14. The molecule has 0 radical (unpaired) electrons. The van der Waals surface area contributed by atoms with Crippen LogP contribution in [0.25, 0.3) is 0 Å². The van der Waals surface area contributed by atoms with Crippen molar-refractivity contribution in [2.45, 2.75) is 72.6 Å². The summed E-state index contributed by atoms with van der Waals surface area (Å²) >= 11 is 0. The van der Waals surface area contributed by atoms with E-state index in [1.165, 1.54) is 6.92 Å². The summed E-state index contributed by atoms with van der Waals surface area (Å²) in [6.45, 7) is 7.92. The van der Waals surface area contributed by atoms with Crippen LogP contribution in [0, 0.1) is 22.7 Å². The molecular formula is C19H30O4. The fraction of sp³-hybridized carbons (Fsp3) is 0.842. The highest BCUT2D eigenvalue weighted by molar-refractivity contribution is 5.84. The fourth-order valence-electron chi connectivity index (χ4n) is 5.22. The van der Waals surface area contributed by atoms with Crippen LogP contribution in [0.15, 0.2) is 0 Å². The Morgan fingerprint density at radius 2 is 1.91 bits per heavy atom. The molecule has 2 aliphatic rings. The maximum Gasteiger partial charge on any atom is 0.302 e. The molecule has 0 aromatic carbocycles. The third-order valence-corrected chi connectivity index (χ3v) is 6.36. The van der Waals surface area contributed by atoms with E-state index in [0.29, 0.717) is 37.6 Å². The third-order valence-electron chi connectivity index (χ3n) is 6.36. The Balaban J connectivity index is 2.23. The Kier molecular flexibility index (Phi) is 5.32. The zero-order chi connectivity index (χ0) is 17.3. The van der Waals surface area contributed by atoms with E-state index in [1.807, 2.05) is 0 Å². The van der Waals surface area contributed by atoms with Crippen molar-refractivity contribution < 1.29 is 19.1 Å². The lowest BCUT2D eigenvalue weighted by Gasteiger charge is -2.57. The van der Waals surface area contributed by atoms with Gasteiger partial charge in [-0.2, -0.15) is 0 Å². The van der Waals surface area contributed by atoms with E-state index in [1.54, 1.807) is 6.92 Å². The van der Waals surface area contributed by atoms with Crippen molar-refractivity contribution in [3.63, 3.8) is 0 Å². The van der Waals surface area contributed by atoms with Crippen molar-refractivity contribution in [1.82, 2.24) is 0 Å². The number of hydrogen-bond donors (Lipinski definition) is 0. The zero-order valence-electron chi connectivity index (χ0n) is 14.9. The Labute approximate surface area is 139 Å². The van der Waals surface area contributed by atoms with Gasteiger partial charge in [0.05, 0.1) is 6.61 Å².